The first-order chi connectivity index (χ1) is 13.7. The zero-order valence-electron chi connectivity index (χ0n) is 17.9. The fourth-order valence-electron chi connectivity index (χ4n) is 2.15. The average molecular weight is 488 g/mol. The van der Waals surface area contributed by atoms with Gasteiger partial charge in [0.2, 0.25) is 5.60 Å². The van der Waals surface area contributed by atoms with E-state index in [0.29, 0.717) is 13.0 Å². The van der Waals surface area contributed by atoms with Crippen molar-refractivity contribution in [3.8, 4) is 0 Å². The quantitative estimate of drug-likeness (QED) is 0.298. The van der Waals surface area contributed by atoms with Crippen molar-refractivity contribution in [3.63, 3.8) is 0 Å². The Labute approximate surface area is 183 Å². The van der Waals surface area contributed by atoms with Gasteiger partial charge in [-0.25, -0.2) is 9.59 Å². The van der Waals surface area contributed by atoms with Crippen molar-refractivity contribution in [1.29, 1.82) is 0 Å². The van der Waals surface area contributed by atoms with Crippen molar-refractivity contribution in [2.75, 3.05) is 13.2 Å². The molecule has 174 valence electrons. The summed E-state index contributed by atoms with van der Waals surface area (Å²) in [6.45, 7) is 9.13. The molecule has 10 nitrogen and oxygen atoms in total. The molecule has 0 aliphatic heterocycles. The zero-order valence-corrected chi connectivity index (χ0v) is 21.3. The number of hydrogen-bond acceptors (Lipinski definition) is 10. The van der Waals surface area contributed by atoms with Crippen LogP contribution in [0.25, 0.3) is 0 Å². The average Bonchev–Trinajstić information content (AvgIpc) is 2.64. The summed E-state index contributed by atoms with van der Waals surface area (Å²) in [7, 11) is 5.08. The van der Waals surface area contributed by atoms with Crippen LogP contribution >= 0.6 is 28.4 Å². The molecule has 0 aromatic rings. The van der Waals surface area contributed by atoms with Crippen LogP contribution in [0.2, 0.25) is 0 Å². The largest absolute Gasteiger partial charge is 0.451 e. The number of hydrogen-bond donors (Lipinski definition) is 0. The monoisotopic (exact) mass is 488 g/mol. The van der Waals surface area contributed by atoms with E-state index in [0.717, 1.165) is 0 Å². The van der Waals surface area contributed by atoms with E-state index in [2.05, 4.69) is 13.6 Å². The molecule has 0 saturated heterocycles. The van der Waals surface area contributed by atoms with Gasteiger partial charge in [-0.2, -0.15) is 0 Å². The summed E-state index contributed by atoms with van der Waals surface area (Å²) >= 11 is 0. The van der Waals surface area contributed by atoms with E-state index in [9.17, 15) is 19.2 Å². The van der Waals surface area contributed by atoms with Gasteiger partial charge in [-0.15, -0.1) is 0 Å². The van der Waals surface area contributed by atoms with E-state index in [4.69, 9.17) is 14.2 Å². The summed E-state index contributed by atoms with van der Waals surface area (Å²) in [5.41, 5.74) is -3.33. The van der Waals surface area contributed by atoms with E-state index >= 15 is 0 Å². The Morgan fingerprint density at radius 1 is 0.733 bits per heavy atom. The van der Waals surface area contributed by atoms with Gasteiger partial charge < -0.3 is 27.8 Å². The van der Waals surface area contributed by atoms with Gasteiger partial charge in [0.25, 0.3) is 0 Å². The Kier molecular flexibility index (Phi) is 12.4. The molecule has 0 aliphatic rings. The van der Waals surface area contributed by atoms with Crippen molar-refractivity contribution in [1.82, 2.24) is 0 Å². The zero-order chi connectivity index (χ0) is 23.6. The first kappa shape index (κ1) is 29.1. The minimum absolute atomic E-state index is 0.314. The molecule has 30 heavy (non-hydrogen) atoms. The second-order valence-electron chi connectivity index (χ2n) is 7.97. The molecular weight excluding hydrogens is 457 g/mol. The molecule has 0 saturated carbocycles. The normalized spacial score (nSPS) is 12.1. The lowest BCUT2D eigenvalue weighted by Crippen LogP contribution is -2.48. The van der Waals surface area contributed by atoms with Gasteiger partial charge in [0.15, 0.2) is 0 Å². The topological polar surface area (TPSA) is 124 Å². The Hall–Kier alpha value is -0.910. The molecule has 0 spiro atoms. The maximum Gasteiger partial charge on any atom is 0.354 e. The first-order valence-electron chi connectivity index (χ1n) is 8.90. The van der Waals surface area contributed by atoms with Crippen molar-refractivity contribution >= 4 is 52.3 Å². The minimum Gasteiger partial charge on any atom is -0.451 e. The summed E-state index contributed by atoms with van der Waals surface area (Å²) in [6, 6.07) is 0. The summed E-state index contributed by atoms with van der Waals surface area (Å²) in [4.78, 5) is 48.2. The van der Waals surface area contributed by atoms with Crippen LogP contribution in [0.5, 0.6) is 0 Å². The summed E-state index contributed by atoms with van der Waals surface area (Å²) in [5, 5.41) is 0. The standard InChI is InChI=1S/C17H31O10P3/c1-15(2,3)22-7-6-16(4,5)23-10-13(20)24-17(14(21)27-30,8-11(18)25-28)9-12(19)26-29/h6-10,28-30H2,1-5H3. The predicted molar refractivity (Wildman–Crippen MR) is 116 cm³/mol. The Bertz CT molecular complexity index is 597. The van der Waals surface area contributed by atoms with E-state index in [1.165, 1.54) is 0 Å². The van der Waals surface area contributed by atoms with E-state index in [1.807, 2.05) is 20.8 Å². The van der Waals surface area contributed by atoms with E-state index in [-0.39, 0.29) is 5.60 Å². The first-order valence-corrected chi connectivity index (χ1v) is 10.3. The molecule has 3 unspecified atom stereocenters. The highest BCUT2D eigenvalue weighted by molar-refractivity contribution is 7.11. The molecule has 3 atom stereocenters. The fraction of sp³-hybridized carbons (Fsp3) is 0.765. The van der Waals surface area contributed by atoms with Crippen LogP contribution in [0.4, 0.5) is 0 Å². The van der Waals surface area contributed by atoms with Gasteiger partial charge in [-0.1, -0.05) is 0 Å². The number of rotatable bonds is 12. The van der Waals surface area contributed by atoms with Crippen LogP contribution in [-0.2, 0) is 47.0 Å². The third-order valence-electron chi connectivity index (χ3n) is 3.73. The number of carbonyl (C=O) groups excluding carboxylic acids is 4. The number of esters is 1. The minimum atomic E-state index is -2.27. The van der Waals surface area contributed by atoms with Crippen molar-refractivity contribution in [3.05, 3.63) is 0 Å². The summed E-state index contributed by atoms with van der Waals surface area (Å²) in [5.74, 6) is -3.99. The van der Waals surface area contributed by atoms with Gasteiger partial charge in [0, 0.05) is 6.61 Å². The van der Waals surface area contributed by atoms with Gasteiger partial charge >= 0.3 is 23.9 Å². The van der Waals surface area contributed by atoms with Crippen molar-refractivity contribution < 1.29 is 47.0 Å². The molecule has 0 aromatic heterocycles. The second kappa shape index (κ2) is 12.8. The van der Waals surface area contributed by atoms with Crippen molar-refractivity contribution in [2.24, 2.45) is 0 Å². The maximum atomic E-state index is 12.4. The fourth-order valence-corrected chi connectivity index (χ4v) is 2.54. The third kappa shape index (κ3) is 11.5. The lowest BCUT2D eigenvalue weighted by molar-refractivity contribution is -0.188. The lowest BCUT2D eigenvalue weighted by Gasteiger charge is -2.30. The molecule has 0 N–H and O–H groups in total. The smallest absolute Gasteiger partial charge is 0.354 e. The van der Waals surface area contributed by atoms with Crippen LogP contribution < -0.4 is 0 Å². The van der Waals surface area contributed by atoms with Crippen LogP contribution in [0.3, 0.4) is 0 Å². The second-order valence-corrected chi connectivity index (χ2v) is 8.67. The highest BCUT2D eigenvalue weighted by atomic mass is 31.0. The molecule has 0 amide bonds. The van der Waals surface area contributed by atoms with Gasteiger partial charge in [0.05, 0.1) is 52.4 Å². The summed E-state index contributed by atoms with van der Waals surface area (Å²) in [6.07, 6.45) is -1.05. The Morgan fingerprint density at radius 3 is 1.63 bits per heavy atom. The SMILES string of the molecule is CC(C)(C)OCCC(C)(C)OCC(=O)OC(CC(=O)OP)(CC(=O)OP)C(=O)OP. The molecule has 0 heterocycles. The van der Waals surface area contributed by atoms with Crippen molar-refractivity contribution in [2.45, 2.75) is 70.7 Å². The van der Waals surface area contributed by atoms with Crippen LogP contribution in [0.1, 0.15) is 53.9 Å². The van der Waals surface area contributed by atoms with Crippen LogP contribution in [-0.4, -0.2) is 53.9 Å². The highest BCUT2D eigenvalue weighted by Gasteiger charge is 2.49. The highest BCUT2D eigenvalue weighted by Crippen LogP contribution is 2.27. The maximum absolute atomic E-state index is 12.4. The van der Waals surface area contributed by atoms with Gasteiger partial charge in [-0.05, 0) is 41.0 Å². The molecule has 0 rings (SSSR count). The van der Waals surface area contributed by atoms with E-state index < -0.39 is 54.5 Å². The number of ether oxygens (including phenoxy) is 3. The predicted octanol–water partition coefficient (Wildman–Crippen LogP) is 2.05. The van der Waals surface area contributed by atoms with Gasteiger partial charge in [0.1, 0.15) is 6.61 Å². The molecule has 0 aromatic carbocycles. The summed E-state index contributed by atoms with van der Waals surface area (Å²) < 4.78 is 29.9. The molecule has 13 heteroatoms. The molecular formula is C17H31O10P3. The molecule has 0 aliphatic carbocycles. The van der Waals surface area contributed by atoms with Crippen LogP contribution in [0.15, 0.2) is 0 Å². The van der Waals surface area contributed by atoms with E-state index in [1.54, 1.807) is 42.2 Å². The molecule has 0 bridgehead atoms. The van der Waals surface area contributed by atoms with Gasteiger partial charge in [-0.3, -0.25) is 9.59 Å². The molecule has 0 fully saturated rings. The third-order valence-corrected chi connectivity index (χ3v) is 4.47. The number of carbonyl (C=O) groups is 4. The lowest BCUT2D eigenvalue weighted by atomic mass is 9.95. The Balaban J connectivity index is 5.24. The molecule has 0 radical (unpaired) electrons. The Morgan fingerprint density at radius 2 is 1.23 bits per heavy atom. The van der Waals surface area contributed by atoms with Crippen LogP contribution in [0, 0.1) is 0 Å².